The lowest BCUT2D eigenvalue weighted by molar-refractivity contribution is 0.0906. The minimum Gasteiger partial charge on any atom is -0.395 e. The third kappa shape index (κ3) is 2.71. The predicted octanol–water partition coefficient (Wildman–Crippen LogP) is -0.0917. The Bertz CT molecular complexity index is 302. The number of aliphatic hydroxyl groups is 2. The molecule has 0 aromatic heterocycles. The zero-order valence-electron chi connectivity index (χ0n) is 9.98. The number of aliphatic hydroxyl groups excluding tert-OH is 2. The third-order valence-electron chi connectivity index (χ3n) is 3.12. The Labute approximate surface area is 96.6 Å². The van der Waals surface area contributed by atoms with Gasteiger partial charge in [-0.2, -0.15) is 0 Å². The highest BCUT2D eigenvalue weighted by Gasteiger charge is 2.32. The van der Waals surface area contributed by atoms with Crippen LogP contribution in [0.4, 0.5) is 0 Å². The number of rotatable bonds is 4. The van der Waals surface area contributed by atoms with Crippen molar-refractivity contribution in [1.29, 1.82) is 0 Å². The van der Waals surface area contributed by atoms with Gasteiger partial charge in [-0.25, -0.2) is 0 Å². The van der Waals surface area contributed by atoms with Crippen molar-refractivity contribution in [3.8, 4) is 0 Å². The van der Waals surface area contributed by atoms with Crippen LogP contribution in [0.3, 0.4) is 0 Å². The van der Waals surface area contributed by atoms with Crippen LogP contribution in [-0.4, -0.2) is 35.5 Å². The molecule has 0 aromatic rings. The van der Waals surface area contributed by atoms with Crippen LogP contribution >= 0.6 is 0 Å². The van der Waals surface area contributed by atoms with Crippen molar-refractivity contribution in [1.82, 2.24) is 0 Å². The van der Waals surface area contributed by atoms with Crippen LogP contribution in [0.15, 0.2) is 23.3 Å². The lowest BCUT2D eigenvalue weighted by Gasteiger charge is -2.34. The van der Waals surface area contributed by atoms with Gasteiger partial charge in [0.05, 0.1) is 13.2 Å². The largest absolute Gasteiger partial charge is 0.395 e. The van der Waals surface area contributed by atoms with E-state index in [0.717, 1.165) is 11.1 Å². The van der Waals surface area contributed by atoms with Crippen molar-refractivity contribution in [2.75, 3.05) is 13.2 Å². The molecule has 4 heteroatoms. The van der Waals surface area contributed by atoms with Crippen LogP contribution in [0.2, 0.25) is 0 Å². The predicted molar refractivity (Wildman–Crippen MR) is 64.7 cm³/mol. The molecule has 0 fully saturated rings. The molecule has 1 aliphatic rings. The molecule has 1 rings (SSSR count). The van der Waals surface area contributed by atoms with Crippen molar-refractivity contribution in [3.63, 3.8) is 0 Å². The molecule has 0 saturated heterocycles. The Balaban J connectivity index is 3.09. The summed E-state index contributed by atoms with van der Waals surface area (Å²) >= 11 is 0. The molecule has 92 valence electrons. The van der Waals surface area contributed by atoms with Gasteiger partial charge in [0, 0.05) is 17.5 Å². The first-order chi connectivity index (χ1) is 7.44. The van der Waals surface area contributed by atoms with E-state index in [9.17, 15) is 10.2 Å². The van der Waals surface area contributed by atoms with E-state index in [4.69, 9.17) is 11.5 Å². The fourth-order valence-corrected chi connectivity index (χ4v) is 1.93. The Morgan fingerprint density at radius 3 is 2.19 bits per heavy atom. The lowest BCUT2D eigenvalue weighted by atomic mass is 9.75. The molecule has 6 N–H and O–H groups in total. The topological polar surface area (TPSA) is 92.5 Å². The fourth-order valence-electron chi connectivity index (χ4n) is 1.93. The Hall–Kier alpha value is -0.680. The first kappa shape index (κ1) is 13.4. The van der Waals surface area contributed by atoms with Gasteiger partial charge in [-0.05, 0) is 25.8 Å². The van der Waals surface area contributed by atoms with E-state index in [2.05, 4.69) is 0 Å². The van der Waals surface area contributed by atoms with Gasteiger partial charge >= 0.3 is 0 Å². The molecule has 2 unspecified atom stereocenters. The smallest absolute Gasteiger partial charge is 0.0547 e. The third-order valence-corrected chi connectivity index (χ3v) is 3.12. The van der Waals surface area contributed by atoms with E-state index in [1.54, 1.807) is 0 Å². The maximum atomic E-state index is 9.43. The van der Waals surface area contributed by atoms with E-state index in [0.29, 0.717) is 6.42 Å². The van der Waals surface area contributed by atoms with Gasteiger partial charge in [0.25, 0.3) is 0 Å². The van der Waals surface area contributed by atoms with Crippen LogP contribution in [0.1, 0.15) is 20.3 Å². The van der Waals surface area contributed by atoms with Crippen molar-refractivity contribution >= 4 is 0 Å². The van der Waals surface area contributed by atoms with Gasteiger partial charge in [-0.1, -0.05) is 17.7 Å². The maximum Gasteiger partial charge on any atom is 0.0547 e. The summed E-state index contributed by atoms with van der Waals surface area (Å²) in [4.78, 5) is 0. The molecular formula is C12H22N2O2. The summed E-state index contributed by atoms with van der Waals surface area (Å²) in [5.74, 6) is 0. The molecule has 2 atom stereocenters. The lowest BCUT2D eigenvalue weighted by Crippen LogP contribution is -2.36. The monoisotopic (exact) mass is 226 g/mol. The second kappa shape index (κ2) is 5.10. The average molecular weight is 226 g/mol. The molecule has 0 aromatic carbocycles. The van der Waals surface area contributed by atoms with E-state index in [-0.39, 0.29) is 25.3 Å². The highest BCUT2D eigenvalue weighted by atomic mass is 16.3. The zero-order chi connectivity index (χ0) is 12.3. The number of hydrogen-bond acceptors (Lipinski definition) is 4. The molecule has 4 nitrogen and oxygen atoms in total. The van der Waals surface area contributed by atoms with Gasteiger partial charge in [-0.3, -0.25) is 0 Å². The minimum absolute atomic E-state index is 0.0834. The summed E-state index contributed by atoms with van der Waals surface area (Å²) in [5.41, 5.74) is 13.1. The normalized spacial score (nSPS) is 23.4. The zero-order valence-corrected chi connectivity index (χ0v) is 9.98. The summed E-state index contributed by atoms with van der Waals surface area (Å²) in [7, 11) is 0. The van der Waals surface area contributed by atoms with Gasteiger partial charge in [0.2, 0.25) is 0 Å². The van der Waals surface area contributed by atoms with Gasteiger partial charge < -0.3 is 21.7 Å². The van der Waals surface area contributed by atoms with E-state index < -0.39 is 5.41 Å². The standard InChI is InChI=1S/C12H22N2O2/c1-8(13)10-3-11(9(2)14)5-12(4-10,6-15)7-16/h3-4,8-9,15-16H,5-7,13-14H2,1-2H3. The fraction of sp³-hybridized carbons (Fsp3) is 0.667. The molecule has 0 aliphatic heterocycles. The van der Waals surface area contributed by atoms with Crippen molar-refractivity contribution in [2.45, 2.75) is 32.4 Å². The van der Waals surface area contributed by atoms with Crippen LogP contribution in [0.25, 0.3) is 0 Å². The van der Waals surface area contributed by atoms with E-state index in [1.807, 2.05) is 26.0 Å². The summed E-state index contributed by atoms with van der Waals surface area (Å²) in [6, 6.07) is -0.202. The quantitative estimate of drug-likeness (QED) is 0.539. The molecule has 0 spiro atoms. The van der Waals surface area contributed by atoms with Gasteiger partial charge in [-0.15, -0.1) is 0 Å². The Kier molecular flexibility index (Phi) is 4.27. The molecule has 0 amide bonds. The summed E-state index contributed by atoms with van der Waals surface area (Å²) in [5, 5.41) is 18.9. The van der Waals surface area contributed by atoms with Crippen molar-refractivity contribution in [3.05, 3.63) is 23.3 Å². The molecule has 0 saturated carbocycles. The molecule has 0 bridgehead atoms. The van der Waals surface area contributed by atoms with Crippen LogP contribution < -0.4 is 11.5 Å². The maximum absolute atomic E-state index is 9.43. The minimum atomic E-state index is -0.610. The second-order valence-electron chi connectivity index (χ2n) is 4.80. The molecule has 0 heterocycles. The summed E-state index contributed by atoms with van der Waals surface area (Å²) in [6.45, 7) is 3.59. The molecule has 1 aliphatic carbocycles. The second-order valence-corrected chi connectivity index (χ2v) is 4.80. The van der Waals surface area contributed by atoms with Crippen LogP contribution in [0.5, 0.6) is 0 Å². The summed E-state index contributed by atoms with van der Waals surface area (Å²) < 4.78 is 0. The number of hydrogen-bond donors (Lipinski definition) is 4. The first-order valence-electron chi connectivity index (χ1n) is 5.60. The highest BCUT2D eigenvalue weighted by Crippen LogP contribution is 2.35. The SMILES string of the molecule is CC(N)C1=CC(CO)(CO)CC(C(C)N)=C1. The average Bonchev–Trinajstić information content (AvgIpc) is 2.28. The molecular weight excluding hydrogens is 204 g/mol. The Morgan fingerprint density at radius 2 is 1.81 bits per heavy atom. The Morgan fingerprint density at radius 1 is 1.25 bits per heavy atom. The van der Waals surface area contributed by atoms with E-state index >= 15 is 0 Å². The summed E-state index contributed by atoms with van der Waals surface area (Å²) in [6.07, 6.45) is 4.45. The number of nitrogens with two attached hydrogens (primary N) is 2. The molecule has 16 heavy (non-hydrogen) atoms. The van der Waals surface area contributed by atoms with Gasteiger partial charge in [0.15, 0.2) is 0 Å². The van der Waals surface area contributed by atoms with Gasteiger partial charge in [0.1, 0.15) is 0 Å². The highest BCUT2D eigenvalue weighted by molar-refractivity contribution is 5.37. The molecule has 0 radical (unpaired) electrons. The van der Waals surface area contributed by atoms with Crippen LogP contribution in [-0.2, 0) is 0 Å². The van der Waals surface area contributed by atoms with Crippen LogP contribution in [0, 0.1) is 5.41 Å². The first-order valence-corrected chi connectivity index (χ1v) is 5.60. The van der Waals surface area contributed by atoms with Crippen molar-refractivity contribution < 1.29 is 10.2 Å². The van der Waals surface area contributed by atoms with E-state index in [1.165, 1.54) is 0 Å². The van der Waals surface area contributed by atoms with Crippen molar-refractivity contribution in [2.24, 2.45) is 16.9 Å².